The third kappa shape index (κ3) is 5.16. The summed E-state index contributed by atoms with van der Waals surface area (Å²) in [6, 6.07) is 64.8. The van der Waals surface area contributed by atoms with Crippen molar-refractivity contribution in [2.75, 3.05) is 4.90 Å². The summed E-state index contributed by atoms with van der Waals surface area (Å²) >= 11 is 0. The van der Waals surface area contributed by atoms with Crippen molar-refractivity contribution in [1.82, 2.24) is 4.57 Å². The van der Waals surface area contributed by atoms with E-state index in [1.54, 1.807) is 0 Å². The van der Waals surface area contributed by atoms with Crippen molar-refractivity contribution in [2.45, 2.75) is 0 Å². The van der Waals surface area contributed by atoms with Crippen LogP contribution < -0.4 is 4.90 Å². The maximum Gasteiger partial charge on any atom is 0.0542 e. The van der Waals surface area contributed by atoms with Gasteiger partial charge >= 0.3 is 0 Å². The zero-order valence-electron chi connectivity index (χ0n) is 25.4. The van der Waals surface area contributed by atoms with E-state index in [1.807, 2.05) is 6.07 Å². The Kier molecular flexibility index (Phi) is 7.22. The second-order valence-electron chi connectivity index (χ2n) is 11.4. The van der Waals surface area contributed by atoms with Gasteiger partial charge in [0.25, 0.3) is 0 Å². The van der Waals surface area contributed by atoms with Crippen molar-refractivity contribution in [2.24, 2.45) is 0 Å². The lowest BCUT2D eigenvalue weighted by molar-refractivity contribution is 1.18. The molecular formula is C44H32N2. The molecule has 0 saturated heterocycles. The first-order valence-electron chi connectivity index (χ1n) is 15.7. The summed E-state index contributed by atoms with van der Waals surface area (Å²) in [5, 5.41) is 2.45. The molecule has 0 saturated carbocycles. The number of benzene rings is 7. The molecule has 0 atom stereocenters. The highest BCUT2D eigenvalue weighted by Gasteiger charge is 2.18. The number of hydrogen-bond donors (Lipinski definition) is 0. The normalized spacial score (nSPS) is 11.4. The maximum absolute atomic E-state index is 2.41. The van der Waals surface area contributed by atoms with Crippen molar-refractivity contribution in [3.8, 4) is 16.8 Å². The molecule has 0 unspecified atom stereocenters. The first-order valence-corrected chi connectivity index (χ1v) is 15.7. The van der Waals surface area contributed by atoms with Crippen LogP contribution in [0.4, 0.5) is 17.1 Å². The van der Waals surface area contributed by atoms with E-state index in [4.69, 9.17) is 0 Å². The first kappa shape index (κ1) is 27.4. The molecule has 46 heavy (non-hydrogen) atoms. The highest BCUT2D eigenvalue weighted by atomic mass is 15.1. The Balaban J connectivity index is 1.26. The average molecular weight is 589 g/mol. The molecule has 2 nitrogen and oxygen atoms in total. The number of rotatable bonds is 7. The van der Waals surface area contributed by atoms with Gasteiger partial charge in [0.1, 0.15) is 0 Å². The Morgan fingerprint density at radius 3 is 1.70 bits per heavy atom. The molecule has 1 aromatic heterocycles. The molecule has 0 bridgehead atoms. The van der Waals surface area contributed by atoms with E-state index in [9.17, 15) is 0 Å². The van der Waals surface area contributed by atoms with Crippen LogP contribution in [0.5, 0.6) is 0 Å². The van der Waals surface area contributed by atoms with E-state index in [0.29, 0.717) is 0 Å². The maximum atomic E-state index is 2.41. The van der Waals surface area contributed by atoms with E-state index >= 15 is 0 Å². The lowest BCUT2D eigenvalue weighted by atomic mass is 10.0. The average Bonchev–Trinajstić information content (AvgIpc) is 3.46. The van der Waals surface area contributed by atoms with E-state index in [1.165, 1.54) is 44.2 Å². The first-order chi connectivity index (χ1) is 22.8. The summed E-state index contributed by atoms with van der Waals surface area (Å²) in [7, 11) is 0. The van der Waals surface area contributed by atoms with Crippen LogP contribution in [0.3, 0.4) is 0 Å². The van der Waals surface area contributed by atoms with Crippen LogP contribution in [0.25, 0.3) is 50.8 Å². The minimum absolute atomic E-state index is 1.11. The van der Waals surface area contributed by atoms with Crippen LogP contribution in [-0.2, 0) is 0 Å². The zero-order valence-corrected chi connectivity index (χ0v) is 25.4. The van der Waals surface area contributed by atoms with Crippen molar-refractivity contribution < 1.29 is 0 Å². The summed E-state index contributed by atoms with van der Waals surface area (Å²) < 4.78 is 2.41. The fraction of sp³-hybridized carbons (Fsp3) is 0. The van der Waals surface area contributed by atoms with Crippen LogP contribution in [-0.4, -0.2) is 4.57 Å². The van der Waals surface area contributed by atoms with Gasteiger partial charge in [-0.2, -0.15) is 0 Å². The number of aromatic nitrogens is 1. The number of fused-ring (bicyclic) bond motifs is 3. The van der Waals surface area contributed by atoms with Crippen molar-refractivity contribution in [1.29, 1.82) is 0 Å². The molecule has 0 fully saturated rings. The zero-order chi connectivity index (χ0) is 30.7. The fourth-order valence-corrected chi connectivity index (χ4v) is 6.41. The summed E-state index contributed by atoms with van der Waals surface area (Å²) in [5.74, 6) is 0. The lowest BCUT2D eigenvalue weighted by Crippen LogP contribution is -2.09. The SMILES string of the molecule is C(=Cc1ccc(N(c2ccccc2)c2ccc3c(c2)c2ccccc2n3-c2ccccc2-c2ccccc2)cc1)c1ccccc1. The Labute approximate surface area is 269 Å². The van der Waals surface area contributed by atoms with E-state index < -0.39 is 0 Å². The molecule has 0 aliphatic rings. The molecule has 0 aliphatic carbocycles. The number of para-hydroxylation sites is 3. The van der Waals surface area contributed by atoms with Gasteiger partial charge in [-0.05, 0) is 71.3 Å². The van der Waals surface area contributed by atoms with Crippen LogP contribution in [0, 0.1) is 0 Å². The van der Waals surface area contributed by atoms with Crippen molar-refractivity contribution in [3.05, 3.63) is 193 Å². The summed E-state index contributed by atoms with van der Waals surface area (Å²) in [5.41, 5.74) is 11.7. The Morgan fingerprint density at radius 1 is 0.391 bits per heavy atom. The number of nitrogens with zero attached hydrogens (tertiary/aromatic N) is 2. The van der Waals surface area contributed by atoms with Gasteiger partial charge in [0.15, 0.2) is 0 Å². The smallest absolute Gasteiger partial charge is 0.0542 e. The van der Waals surface area contributed by atoms with Crippen molar-refractivity contribution in [3.63, 3.8) is 0 Å². The van der Waals surface area contributed by atoms with Gasteiger partial charge < -0.3 is 9.47 Å². The predicted molar refractivity (Wildman–Crippen MR) is 196 cm³/mol. The van der Waals surface area contributed by atoms with Crippen LogP contribution in [0.15, 0.2) is 182 Å². The molecule has 8 rings (SSSR count). The third-order valence-corrected chi connectivity index (χ3v) is 8.58. The van der Waals surface area contributed by atoms with Gasteiger partial charge in [-0.15, -0.1) is 0 Å². The second-order valence-corrected chi connectivity index (χ2v) is 11.4. The second kappa shape index (κ2) is 12.1. The summed E-state index contributed by atoms with van der Waals surface area (Å²) in [6.45, 7) is 0. The molecule has 0 amide bonds. The van der Waals surface area contributed by atoms with E-state index in [2.05, 4.69) is 198 Å². The number of hydrogen-bond acceptors (Lipinski definition) is 1. The predicted octanol–water partition coefficient (Wildman–Crippen LogP) is 12.1. The Bertz CT molecular complexity index is 2280. The molecule has 0 radical (unpaired) electrons. The van der Waals surface area contributed by atoms with Crippen LogP contribution >= 0.6 is 0 Å². The topological polar surface area (TPSA) is 8.17 Å². The van der Waals surface area contributed by atoms with Crippen LogP contribution in [0.1, 0.15) is 11.1 Å². The minimum Gasteiger partial charge on any atom is -0.310 e. The van der Waals surface area contributed by atoms with Crippen LogP contribution in [0.2, 0.25) is 0 Å². The lowest BCUT2D eigenvalue weighted by Gasteiger charge is -2.26. The van der Waals surface area contributed by atoms with E-state index in [-0.39, 0.29) is 0 Å². The van der Waals surface area contributed by atoms with Gasteiger partial charge in [-0.3, -0.25) is 0 Å². The van der Waals surface area contributed by atoms with Gasteiger partial charge in [0.05, 0.1) is 16.7 Å². The van der Waals surface area contributed by atoms with Gasteiger partial charge in [0.2, 0.25) is 0 Å². The molecule has 1 heterocycles. The molecule has 8 aromatic rings. The Hall–Kier alpha value is -6.12. The standard InChI is InChI=1S/C44H32N2/c1-4-14-33(15-5-1)24-25-34-26-28-37(29-27-34)45(36-18-8-3-9-19-36)38-30-31-44-41(32-38)40-21-11-13-23-43(40)46(44)42-22-12-10-20-39(42)35-16-6-2-7-17-35/h1-32H. The Morgan fingerprint density at radius 2 is 0.935 bits per heavy atom. The van der Waals surface area contributed by atoms with Gasteiger partial charge in [0, 0.05) is 33.4 Å². The largest absolute Gasteiger partial charge is 0.310 e. The molecule has 0 spiro atoms. The fourth-order valence-electron chi connectivity index (χ4n) is 6.41. The molecule has 0 N–H and O–H groups in total. The van der Waals surface area contributed by atoms with Gasteiger partial charge in [-0.1, -0.05) is 140 Å². The monoisotopic (exact) mass is 588 g/mol. The highest BCUT2D eigenvalue weighted by Crippen LogP contribution is 2.41. The molecule has 218 valence electrons. The molecule has 0 aliphatic heterocycles. The third-order valence-electron chi connectivity index (χ3n) is 8.58. The quantitative estimate of drug-likeness (QED) is 0.168. The molecule has 7 aromatic carbocycles. The van der Waals surface area contributed by atoms with Gasteiger partial charge in [-0.25, -0.2) is 0 Å². The van der Waals surface area contributed by atoms with Crippen molar-refractivity contribution >= 4 is 51.0 Å². The molecular weight excluding hydrogens is 556 g/mol. The highest BCUT2D eigenvalue weighted by molar-refractivity contribution is 6.11. The summed E-state index contributed by atoms with van der Waals surface area (Å²) in [6.07, 6.45) is 4.32. The molecule has 2 heteroatoms. The summed E-state index contributed by atoms with van der Waals surface area (Å²) in [4.78, 5) is 2.34. The minimum atomic E-state index is 1.11. The number of anilines is 3. The van der Waals surface area contributed by atoms with E-state index in [0.717, 1.165) is 22.6 Å².